The number of aliphatic hydroxyl groups is 1. The van der Waals surface area contributed by atoms with Crippen molar-refractivity contribution >= 4 is 0 Å². The van der Waals surface area contributed by atoms with Gasteiger partial charge in [-0.25, -0.2) is 0 Å². The van der Waals surface area contributed by atoms with Crippen LogP contribution in [0.25, 0.3) is 0 Å². The smallest absolute Gasteiger partial charge is 0.143 e. The average Bonchev–Trinajstić information content (AvgIpc) is 2.91. The fraction of sp³-hybridized carbons (Fsp3) is 0.161. The maximum Gasteiger partial charge on any atom is 0.143 e. The Balaban J connectivity index is 1.56. The minimum absolute atomic E-state index is 0.0756. The Labute approximate surface area is 201 Å². The van der Waals surface area contributed by atoms with Crippen LogP contribution >= 0.6 is 0 Å². The van der Waals surface area contributed by atoms with E-state index in [0.29, 0.717) is 12.2 Å². The van der Waals surface area contributed by atoms with Crippen molar-refractivity contribution in [1.29, 1.82) is 0 Å². The molecule has 0 heterocycles. The zero-order valence-electron chi connectivity index (χ0n) is 19.2. The Kier molecular flexibility index (Phi) is 8.05. The van der Waals surface area contributed by atoms with Gasteiger partial charge in [-0.3, -0.25) is 0 Å². The molecule has 1 atom stereocenters. The lowest BCUT2D eigenvalue weighted by Crippen LogP contribution is -2.36. The van der Waals surface area contributed by atoms with Gasteiger partial charge in [0.1, 0.15) is 11.7 Å². The van der Waals surface area contributed by atoms with Crippen LogP contribution in [0.1, 0.15) is 22.3 Å². The van der Waals surface area contributed by atoms with Crippen molar-refractivity contribution in [3.05, 3.63) is 156 Å². The van der Waals surface area contributed by atoms with Gasteiger partial charge in [-0.05, 0) is 27.8 Å². The van der Waals surface area contributed by atoms with Gasteiger partial charge in [-0.2, -0.15) is 0 Å². The van der Waals surface area contributed by atoms with Gasteiger partial charge in [0.2, 0.25) is 0 Å². The maximum absolute atomic E-state index is 10.9. The summed E-state index contributed by atoms with van der Waals surface area (Å²) in [6.45, 7) is 4.85. The fourth-order valence-electron chi connectivity index (χ4n) is 4.06. The molecule has 0 saturated carbocycles. The quantitative estimate of drug-likeness (QED) is 0.221. The SMILES string of the molecule is C=C(COCc1ccccc1)C(O)COC(c1ccccc1)(c1ccccc1)c1ccccc1. The number of hydrogen-bond donors (Lipinski definition) is 1. The molecule has 0 aliphatic carbocycles. The lowest BCUT2D eigenvalue weighted by molar-refractivity contribution is -0.0314. The molecule has 4 aromatic rings. The molecule has 1 unspecified atom stereocenters. The molecule has 1 N–H and O–H groups in total. The topological polar surface area (TPSA) is 38.7 Å². The molecule has 4 rings (SSSR count). The molecule has 0 aliphatic rings. The van der Waals surface area contributed by atoms with Crippen LogP contribution in [0.15, 0.2) is 133 Å². The molecular formula is C31H30O3. The Morgan fingerprint density at radius 2 is 1.09 bits per heavy atom. The van der Waals surface area contributed by atoms with E-state index in [9.17, 15) is 5.11 Å². The van der Waals surface area contributed by atoms with E-state index in [1.807, 2.05) is 84.9 Å². The van der Waals surface area contributed by atoms with Gasteiger partial charge in [0.15, 0.2) is 0 Å². The number of aliphatic hydroxyl groups excluding tert-OH is 1. The largest absolute Gasteiger partial charge is 0.386 e. The van der Waals surface area contributed by atoms with Gasteiger partial charge < -0.3 is 14.6 Å². The van der Waals surface area contributed by atoms with E-state index in [-0.39, 0.29) is 13.2 Å². The van der Waals surface area contributed by atoms with Gasteiger partial charge in [0.05, 0.1) is 19.8 Å². The van der Waals surface area contributed by atoms with Gasteiger partial charge in [0, 0.05) is 0 Å². The highest BCUT2D eigenvalue weighted by molar-refractivity contribution is 5.47. The molecule has 3 heteroatoms. The van der Waals surface area contributed by atoms with Crippen LogP contribution in [0.3, 0.4) is 0 Å². The van der Waals surface area contributed by atoms with Crippen molar-refractivity contribution in [1.82, 2.24) is 0 Å². The summed E-state index contributed by atoms with van der Waals surface area (Å²) in [5.74, 6) is 0. The molecular weight excluding hydrogens is 420 g/mol. The third-order valence-electron chi connectivity index (χ3n) is 5.87. The molecule has 0 amide bonds. The van der Waals surface area contributed by atoms with E-state index in [1.165, 1.54) is 0 Å². The van der Waals surface area contributed by atoms with E-state index in [0.717, 1.165) is 22.3 Å². The van der Waals surface area contributed by atoms with E-state index < -0.39 is 11.7 Å². The molecule has 172 valence electrons. The third kappa shape index (κ3) is 5.52. The van der Waals surface area contributed by atoms with E-state index in [4.69, 9.17) is 9.47 Å². The van der Waals surface area contributed by atoms with Crippen LogP contribution in [0.5, 0.6) is 0 Å². The van der Waals surface area contributed by atoms with Gasteiger partial charge >= 0.3 is 0 Å². The Morgan fingerprint density at radius 1 is 0.676 bits per heavy atom. The molecule has 0 spiro atoms. The molecule has 34 heavy (non-hydrogen) atoms. The number of ether oxygens (including phenoxy) is 2. The highest BCUT2D eigenvalue weighted by Crippen LogP contribution is 2.40. The number of rotatable bonds is 11. The number of hydrogen-bond acceptors (Lipinski definition) is 3. The van der Waals surface area contributed by atoms with Gasteiger partial charge in [-0.1, -0.05) is 128 Å². The second-order valence-electron chi connectivity index (χ2n) is 8.24. The van der Waals surface area contributed by atoms with Crippen molar-refractivity contribution in [2.45, 2.75) is 18.3 Å². The van der Waals surface area contributed by atoms with Crippen molar-refractivity contribution in [3.8, 4) is 0 Å². The highest BCUT2D eigenvalue weighted by atomic mass is 16.5. The fourth-order valence-corrected chi connectivity index (χ4v) is 4.06. The summed E-state index contributed by atoms with van der Waals surface area (Å²) in [6.07, 6.45) is -0.869. The predicted octanol–water partition coefficient (Wildman–Crippen LogP) is 6.13. The monoisotopic (exact) mass is 450 g/mol. The molecule has 3 nitrogen and oxygen atoms in total. The Hall–Kier alpha value is -3.50. The first kappa shape index (κ1) is 23.7. The molecule has 0 fully saturated rings. The summed E-state index contributed by atoms with van der Waals surface area (Å²) < 4.78 is 12.4. The molecule has 0 radical (unpaired) electrons. The minimum atomic E-state index is -0.879. The maximum atomic E-state index is 10.9. The second kappa shape index (κ2) is 11.6. The number of benzene rings is 4. The Bertz CT molecular complexity index is 1050. The first-order chi connectivity index (χ1) is 16.7. The van der Waals surface area contributed by atoms with Crippen molar-refractivity contribution < 1.29 is 14.6 Å². The van der Waals surface area contributed by atoms with Crippen LogP contribution in [0, 0.1) is 0 Å². The van der Waals surface area contributed by atoms with Gasteiger partial charge in [-0.15, -0.1) is 0 Å². The summed E-state index contributed by atoms with van der Waals surface area (Å²) in [5, 5.41) is 10.9. The summed E-state index contributed by atoms with van der Waals surface area (Å²) >= 11 is 0. The normalized spacial score (nSPS) is 12.3. The zero-order valence-corrected chi connectivity index (χ0v) is 19.2. The molecule has 0 aliphatic heterocycles. The van der Waals surface area contributed by atoms with E-state index >= 15 is 0 Å². The van der Waals surface area contributed by atoms with Crippen molar-refractivity contribution in [2.75, 3.05) is 13.2 Å². The van der Waals surface area contributed by atoms with Crippen LogP contribution < -0.4 is 0 Å². The van der Waals surface area contributed by atoms with Crippen LogP contribution in [-0.2, 0) is 21.7 Å². The van der Waals surface area contributed by atoms with E-state index in [2.05, 4.69) is 43.0 Å². The summed E-state index contributed by atoms with van der Waals surface area (Å²) in [7, 11) is 0. The Morgan fingerprint density at radius 3 is 1.53 bits per heavy atom. The molecule has 0 saturated heterocycles. The van der Waals surface area contributed by atoms with Crippen molar-refractivity contribution in [2.24, 2.45) is 0 Å². The average molecular weight is 451 g/mol. The molecule has 4 aromatic carbocycles. The zero-order chi connectivity index (χ0) is 23.6. The first-order valence-electron chi connectivity index (χ1n) is 11.5. The summed E-state index contributed by atoms with van der Waals surface area (Å²) in [4.78, 5) is 0. The summed E-state index contributed by atoms with van der Waals surface area (Å²) in [5.41, 5.74) is 3.76. The van der Waals surface area contributed by atoms with Gasteiger partial charge in [0.25, 0.3) is 0 Å². The summed E-state index contributed by atoms with van der Waals surface area (Å²) in [6, 6.07) is 40.3. The standard InChI is InChI=1S/C31H30O3/c1-25(22-33-23-26-14-6-2-7-15-26)30(32)24-34-31(27-16-8-3-9-17-27,28-18-10-4-11-19-28)29-20-12-5-13-21-29/h2-21,30,32H,1,22-24H2. The molecule has 0 aromatic heterocycles. The second-order valence-corrected chi connectivity index (χ2v) is 8.24. The van der Waals surface area contributed by atoms with E-state index in [1.54, 1.807) is 0 Å². The van der Waals surface area contributed by atoms with Crippen molar-refractivity contribution in [3.63, 3.8) is 0 Å². The first-order valence-corrected chi connectivity index (χ1v) is 11.5. The third-order valence-corrected chi connectivity index (χ3v) is 5.87. The van der Waals surface area contributed by atoms with Crippen LogP contribution in [0.2, 0.25) is 0 Å². The highest BCUT2D eigenvalue weighted by Gasteiger charge is 2.38. The van der Waals surface area contributed by atoms with Crippen LogP contribution in [0.4, 0.5) is 0 Å². The molecule has 0 bridgehead atoms. The lowest BCUT2D eigenvalue weighted by atomic mass is 9.80. The lowest BCUT2D eigenvalue weighted by Gasteiger charge is -2.36. The predicted molar refractivity (Wildman–Crippen MR) is 136 cm³/mol. The minimum Gasteiger partial charge on any atom is -0.386 e. The van der Waals surface area contributed by atoms with Crippen LogP contribution in [-0.4, -0.2) is 24.4 Å².